The Bertz CT molecular complexity index is 418. The van der Waals surface area contributed by atoms with E-state index in [1.807, 2.05) is 6.07 Å². The van der Waals surface area contributed by atoms with Gasteiger partial charge >= 0.3 is 0 Å². The van der Waals surface area contributed by atoms with Crippen molar-refractivity contribution in [2.75, 3.05) is 0 Å². The molecular weight excluding hydrogens is 236 g/mol. The number of aromatic nitrogens is 1. The fourth-order valence-electron chi connectivity index (χ4n) is 3.29. The number of ether oxygens (including phenoxy) is 1. The van der Waals surface area contributed by atoms with Crippen LogP contribution in [0.15, 0.2) is 18.5 Å². The number of rotatable bonds is 2. The highest BCUT2D eigenvalue weighted by Gasteiger charge is 2.56. The van der Waals surface area contributed by atoms with Gasteiger partial charge in [-0.1, -0.05) is 24.4 Å². The van der Waals surface area contributed by atoms with Crippen molar-refractivity contribution in [1.82, 2.24) is 4.98 Å². The number of nitrogens with two attached hydrogens (primary N) is 1. The first kappa shape index (κ1) is 11.3. The zero-order valence-corrected chi connectivity index (χ0v) is 10.5. The average molecular weight is 253 g/mol. The van der Waals surface area contributed by atoms with Crippen LogP contribution >= 0.6 is 11.6 Å². The Kier molecular flexibility index (Phi) is 2.75. The minimum Gasteiger partial charge on any atom is -0.488 e. The predicted molar refractivity (Wildman–Crippen MR) is 67.2 cm³/mol. The third-order valence-corrected chi connectivity index (χ3v) is 4.55. The molecule has 0 bridgehead atoms. The van der Waals surface area contributed by atoms with E-state index in [0.717, 1.165) is 12.2 Å². The molecule has 1 spiro atoms. The van der Waals surface area contributed by atoms with Crippen LogP contribution in [-0.4, -0.2) is 17.1 Å². The van der Waals surface area contributed by atoms with Crippen molar-refractivity contribution in [3.8, 4) is 5.75 Å². The number of pyridine rings is 1. The van der Waals surface area contributed by atoms with Crippen LogP contribution in [0, 0.1) is 5.41 Å². The second-order valence-corrected chi connectivity index (χ2v) is 5.66. The van der Waals surface area contributed by atoms with Gasteiger partial charge in [0, 0.05) is 30.1 Å². The van der Waals surface area contributed by atoms with E-state index in [-0.39, 0.29) is 11.5 Å². The smallest absolute Gasteiger partial charge is 0.139 e. The van der Waals surface area contributed by atoms with Crippen LogP contribution in [0.1, 0.15) is 32.1 Å². The number of hydrogen-bond acceptors (Lipinski definition) is 3. The summed E-state index contributed by atoms with van der Waals surface area (Å²) >= 11 is 5.90. The van der Waals surface area contributed by atoms with E-state index in [1.54, 1.807) is 12.4 Å². The molecule has 3 rings (SSSR count). The summed E-state index contributed by atoms with van der Waals surface area (Å²) in [7, 11) is 0. The van der Waals surface area contributed by atoms with Crippen molar-refractivity contribution in [3.05, 3.63) is 23.5 Å². The van der Waals surface area contributed by atoms with Gasteiger partial charge < -0.3 is 10.5 Å². The zero-order chi connectivity index (χ0) is 11.9. The summed E-state index contributed by atoms with van der Waals surface area (Å²) < 4.78 is 6.01. The fraction of sp³-hybridized carbons (Fsp3) is 0.615. The molecule has 2 aliphatic carbocycles. The molecule has 0 aromatic carbocycles. The van der Waals surface area contributed by atoms with Crippen LogP contribution in [0.5, 0.6) is 5.75 Å². The van der Waals surface area contributed by atoms with Crippen molar-refractivity contribution in [3.63, 3.8) is 0 Å². The van der Waals surface area contributed by atoms with Crippen LogP contribution in [0.3, 0.4) is 0 Å². The second kappa shape index (κ2) is 4.14. The van der Waals surface area contributed by atoms with Gasteiger partial charge in [-0.25, -0.2) is 0 Å². The Labute approximate surface area is 106 Å². The Balaban J connectivity index is 1.74. The van der Waals surface area contributed by atoms with Crippen molar-refractivity contribution < 1.29 is 4.74 Å². The van der Waals surface area contributed by atoms with E-state index in [9.17, 15) is 0 Å². The standard InChI is InChI=1S/C13H17ClN2O/c14-9-5-10(8-16-7-9)17-12-6-11(15)13(12)3-1-2-4-13/h5,7-8,11-12H,1-4,6,15H2. The van der Waals surface area contributed by atoms with Gasteiger partial charge in [-0.3, -0.25) is 4.98 Å². The molecule has 2 saturated carbocycles. The lowest BCUT2D eigenvalue weighted by Gasteiger charge is -2.52. The molecule has 2 atom stereocenters. The van der Waals surface area contributed by atoms with E-state index in [1.165, 1.54) is 25.7 Å². The monoisotopic (exact) mass is 252 g/mol. The molecule has 1 heterocycles. The number of halogens is 1. The first-order valence-corrected chi connectivity index (χ1v) is 6.61. The highest BCUT2D eigenvalue weighted by molar-refractivity contribution is 6.30. The Hall–Kier alpha value is -0.800. The van der Waals surface area contributed by atoms with Gasteiger partial charge in [0.2, 0.25) is 0 Å². The van der Waals surface area contributed by atoms with Gasteiger partial charge in [0.1, 0.15) is 11.9 Å². The summed E-state index contributed by atoms with van der Waals surface area (Å²) in [6.07, 6.45) is 9.50. The lowest BCUT2D eigenvalue weighted by molar-refractivity contribution is -0.0621. The van der Waals surface area contributed by atoms with Crippen molar-refractivity contribution >= 4 is 11.6 Å². The van der Waals surface area contributed by atoms with Gasteiger partial charge in [-0.2, -0.15) is 0 Å². The summed E-state index contributed by atoms with van der Waals surface area (Å²) in [6, 6.07) is 2.13. The first-order valence-electron chi connectivity index (χ1n) is 6.23. The Morgan fingerprint density at radius 1 is 1.35 bits per heavy atom. The molecule has 0 aliphatic heterocycles. The third kappa shape index (κ3) is 1.81. The highest BCUT2D eigenvalue weighted by atomic mass is 35.5. The van der Waals surface area contributed by atoms with Gasteiger partial charge in [0.25, 0.3) is 0 Å². The van der Waals surface area contributed by atoms with Crippen LogP contribution in [0.2, 0.25) is 5.02 Å². The molecule has 0 radical (unpaired) electrons. The molecular formula is C13H17ClN2O. The number of nitrogens with zero attached hydrogens (tertiary/aromatic N) is 1. The van der Waals surface area contributed by atoms with Crippen LogP contribution in [0.4, 0.5) is 0 Å². The highest BCUT2D eigenvalue weighted by Crippen LogP contribution is 2.53. The summed E-state index contributed by atoms with van der Waals surface area (Å²) in [5.41, 5.74) is 6.40. The molecule has 2 unspecified atom stereocenters. The Morgan fingerprint density at radius 2 is 2.12 bits per heavy atom. The molecule has 4 heteroatoms. The van der Waals surface area contributed by atoms with Gasteiger partial charge in [0.05, 0.1) is 11.2 Å². The van der Waals surface area contributed by atoms with Gasteiger partial charge in [0.15, 0.2) is 0 Å². The maximum Gasteiger partial charge on any atom is 0.139 e. The van der Waals surface area contributed by atoms with Crippen molar-refractivity contribution in [1.29, 1.82) is 0 Å². The zero-order valence-electron chi connectivity index (χ0n) is 9.73. The third-order valence-electron chi connectivity index (χ3n) is 4.34. The van der Waals surface area contributed by atoms with Crippen molar-refractivity contribution in [2.45, 2.75) is 44.2 Å². The topological polar surface area (TPSA) is 48.1 Å². The molecule has 1 aromatic heterocycles. The molecule has 3 nitrogen and oxygen atoms in total. The SMILES string of the molecule is NC1CC(Oc2cncc(Cl)c2)C12CCCC2. The summed E-state index contributed by atoms with van der Waals surface area (Å²) in [5.74, 6) is 0.765. The van der Waals surface area contributed by atoms with Crippen LogP contribution < -0.4 is 10.5 Å². The Morgan fingerprint density at radius 3 is 2.76 bits per heavy atom. The maximum absolute atomic E-state index is 6.17. The van der Waals surface area contributed by atoms with E-state index in [2.05, 4.69) is 4.98 Å². The summed E-state index contributed by atoms with van der Waals surface area (Å²) in [4.78, 5) is 4.04. The largest absolute Gasteiger partial charge is 0.488 e. The van der Waals surface area contributed by atoms with Gasteiger partial charge in [-0.15, -0.1) is 0 Å². The lowest BCUT2D eigenvalue weighted by atomic mass is 9.61. The van der Waals surface area contributed by atoms with Gasteiger partial charge in [-0.05, 0) is 12.8 Å². The minimum atomic E-state index is 0.225. The normalized spacial score (nSPS) is 30.2. The molecule has 2 fully saturated rings. The maximum atomic E-state index is 6.17. The molecule has 0 saturated heterocycles. The molecule has 1 aromatic rings. The van der Waals surface area contributed by atoms with E-state index >= 15 is 0 Å². The summed E-state index contributed by atoms with van der Waals surface area (Å²) in [5, 5.41) is 0.617. The van der Waals surface area contributed by atoms with Crippen LogP contribution in [0.25, 0.3) is 0 Å². The van der Waals surface area contributed by atoms with E-state index in [0.29, 0.717) is 11.1 Å². The molecule has 92 valence electrons. The van der Waals surface area contributed by atoms with Crippen LogP contribution in [-0.2, 0) is 0 Å². The fourth-order valence-corrected chi connectivity index (χ4v) is 3.45. The number of hydrogen-bond donors (Lipinski definition) is 1. The quantitative estimate of drug-likeness (QED) is 0.881. The van der Waals surface area contributed by atoms with E-state index in [4.69, 9.17) is 22.1 Å². The molecule has 17 heavy (non-hydrogen) atoms. The van der Waals surface area contributed by atoms with Crippen molar-refractivity contribution in [2.24, 2.45) is 11.1 Å². The summed E-state index contributed by atoms with van der Waals surface area (Å²) in [6.45, 7) is 0. The molecule has 2 N–H and O–H groups in total. The van der Waals surface area contributed by atoms with E-state index < -0.39 is 0 Å². The first-order chi connectivity index (χ1) is 8.21. The average Bonchev–Trinajstić information content (AvgIpc) is 2.80. The minimum absolute atomic E-state index is 0.225. The lowest BCUT2D eigenvalue weighted by Crippen LogP contribution is -2.62. The second-order valence-electron chi connectivity index (χ2n) is 5.23. The predicted octanol–water partition coefficient (Wildman–Crippen LogP) is 2.77. The molecule has 2 aliphatic rings. The molecule has 0 amide bonds.